The van der Waals surface area contributed by atoms with Crippen molar-refractivity contribution in [3.8, 4) is 5.75 Å². The maximum Gasteiger partial charge on any atom is 0.227 e. The van der Waals surface area contributed by atoms with Crippen molar-refractivity contribution in [2.24, 2.45) is 7.05 Å². The number of halogens is 1. The van der Waals surface area contributed by atoms with Crippen LogP contribution in [0.15, 0.2) is 42.7 Å². The number of piperazine rings is 1. The molecule has 2 aromatic heterocycles. The second-order valence-corrected chi connectivity index (χ2v) is 11.3. The second kappa shape index (κ2) is 9.86. The fourth-order valence-electron chi connectivity index (χ4n) is 4.92. The molecular formula is C29H35ClN6O. The Kier molecular flexibility index (Phi) is 6.75. The summed E-state index contributed by atoms with van der Waals surface area (Å²) in [5, 5.41) is 0.627. The lowest BCUT2D eigenvalue weighted by Crippen LogP contribution is -2.47. The molecule has 2 aromatic carbocycles. The zero-order valence-electron chi connectivity index (χ0n) is 22.5. The molecule has 3 heterocycles. The molecule has 0 aliphatic carbocycles. The van der Waals surface area contributed by atoms with Gasteiger partial charge in [0.1, 0.15) is 11.3 Å². The zero-order chi connectivity index (χ0) is 26.3. The van der Waals surface area contributed by atoms with Crippen LogP contribution in [0, 0.1) is 6.92 Å². The van der Waals surface area contributed by atoms with E-state index in [0.717, 1.165) is 61.1 Å². The third-order valence-corrected chi connectivity index (χ3v) is 7.56. The zero-order valence-corrected chi connectivity index (χ0v) is 23.3. The normalized spacial score (nSPS) is 14.5. The number of rotatable bonds is 5. The van der Waals surface area contributed by atoms with E-state index in [1.54, 1.807) is 7.11 Å². The first kappa shape index (κ1) is 25.3. The lowest BCUT2D eigenvalue weighted by molar-refractivity contribution is 0.415. The van der Waals surface area contributed by atoms with Crippen molar-refractivity contribution < 1.29 is 4.74 Å². The fourth-order valence-corrected chi connectivity index (χ4v) is 5.17. The topological polar surface area (TPSA) is 59.3 Å². The number of hydrogen-bond acceptors (Lipinski definition) is 6. The van der Waals surface area contributed by atoms with Gasteiger partial charge in [0.2, 0.25) is 5.95 Å². The Hall–Kier alpha value is -3.32. The molecule has 0 saturated carbocycles. The summed E-state index contributed by atoms with van der Waals surface area (Å²) < 4.78 is 7.33. The molecule has 0 atom stereocenters. The number of imidazole rings is 1. The van der Waals surface area contributed by atoms with Crippen LogP contribution in [-0.4, -0.2) is 52.8 Å². The Morgan fingerprint density at radius 1 is 0.973 bits per heavy atom. The molecule has 4 aromatic rings. The van der Waals surface area contributed by atoms with Gasteiger partial charge in [0.15, 0.2) is 5.65 Å². The van der Waals surface area contributed by atoms with E-state index in [1.165, 1.54) is 16.7 Å². The molecule has 37 heavy (non-hydrogen) atoms. The highest BCUT2D eigenvalue weighted by Gasteiger charge is 2.23. The summed E-state index contributed by atoms with van der Waals surface area (Å²) in [5.74, 6) is 1.44. The number of fused-ring (bicyclic) bond motifs is 1. The van der Waals surface area contributed by atoms with Crippen LogP contribution in [0.2, 0.25) is 5.02 Å². The molecule has 0 radical (unpaired) electrons. The van der Waals surface area contributed by atoms with Crippen LogP contribution < -0.4 is 14.5 Å². The van der Waals surface area contributed by atoms with Crippen LogP contribution in [-0.2, 0) is 18.9 Å². The van der Waals surface area contributed by atoms with Gasteiger partial charge in [0.25, 0.3) is 0 Å². The molecule has 0 spiro atoms. The minimum absolute atomic E-state index is 0.0922. The molecule has 1 aliphatic heterocycles. The molecule has 194 valence electrons. The van der Waals surface area contributed by atoms with E-state index in [-0.39, 0.29) is 5.41 Å². The average Bonchev–Trinajstić information content (AvgIpc) is 3.25. The summed E-state index contributed by atoms with van der Waals surface area (Å²) in [6, 6.07) is 12.7. The van der Waals surface area contributed by atoms with Gasteiger partial charge < -0.3 is 19.1 Å². The van der Waals surface area contributed by atoms with E-state index in [2.05, 4.69) is 66.7 Å². The highest BCUT2D eigenvalue weighted by molar-refractivity contribution is 6.32. The number of benzene rings is 2. The van der Waals surface area contributed by atoms with E-state index < -0.39 is 0 Å². The predicted octanol–water partition coefficient (Wildman–Crippen LogP) is 5.55. The van der Waals surface area contributed by atoms with Gasteiger partial charge in [-0.2, -0.15) is 4.98 Å². The predicted molar refractivity (Wildman–Crippen MR) is 151 cm³/mol. The molecular weight excluding hydrogens is 484 g/mol. The second-order valence-electron chi connectivity index (χ2n) is 10.9. The quantitative estimate of drug-likeness (QED) is 0.345. The molecule has 0 amide bonds. The van der Waals surface area contributed by atoms with Gasteiger partial charge in [0, 0.05) is 45.3 Å². The number of hydrogen-bond donors (Lipinski definition) is 0. The molecule has 0 bridgehead atoms. The number of ether oxygens (including phenoxy) is 1. The van der Waals surface area contributed by atoms with E-state index >= 15 is 0 Å². The van der Waals surface area contributed by atoms with Gasteiger partial charge in [-0.3, -0.25) is 0 Å². The van der Waals surface area contributed by atoms with Crippen LogP contribution in [0.4, 0.5) is 11.6 Å². The first-order valence-corrected chi connectivity index (χ1v) is 13.1. The number of nitrogens with zero attached hydrogens (tertiary/aromatic N) is 6. The van der Waals surface area contributed by atoms with Crippen LogP contribution in [0.5, 0.6) is 5.75 Å². The van der Waals surface area contributed by atoms with Crippen LogP contribution in [0.1, 0.15) is 43.2 Å². The lowest BCUT2D eigenvalue weighted by Gasteiger charge is -2.36. The summed E-state index contributed by atoms with van der Waals surface area (Å²) >= 11 is 6.37. The van der Waals surface area contributed by atoms with E-state index in [1.807, 2.05) is 30.1 Å². The minimum Gasteiger partial charge on any atom is -0.495 e. The molecule has 5 rings (SSSR count). The van der Waals surface area contributed by atoms with E-state index in [9.17, 15) is 0 Å². The Bertz CT molecular complexity index is 1430. The number of methoxy groups -OCH3 is 1. The minimum atomic E-state index is 0.0922. The highest BCUT2D eigenvalue weighted by atomic mass is 35.5. The maximum atomic E-state index is 6.37. The van der Waals surface area contributed by atoms with Gasteiger partial charge in [-0.1, -0.05) is 50.6 Å². The highest BCUT2D eigenvalue weighted by Crippen LogP contribution is 2.31. The maximum absolute atomic E-state index is 6.37. The molecule has 1 saturated heterocycles. The summed E-state index contributed by atoms with van der Waals surface area (Å²) in [6.45, 7) is 12.3. The van der Waals surface area contributed by atoms with Gasteiger partial charge >= 0.3 is 0 Å². The molecule has 0 unspecified atom stereocenters. The summed E-state index contributed by atoms with van der Waals surface area (Å²) in [4.78, 5) is 19.2. The third kappa shape index (κ3) is 5.10. The molecule has 7 nitrogen and oxygen atoms in total. The van der Waals surface area contributed by atoms with E-state index in [0.29, 0.717) is 10.8 Å². The monoisotopic (exact) mass is 518 g/mol. The van der Waals surface area contributed by atoms with Crippen molar-refractivity contribution in [3.05, 3.63) is 70.1 Å². The Morgan fingerprint density at radius 3 is 2.38 bits per heavy atom. The van der Waals surface area contributed by atoms with Gasteiger partial charge in [-0.25, -0.2) is 9.97 Å². The number of aryl methyl sites for hydroxylation is 2. The third-order valence-electron chi connectivity index (χ3n) is 7.27. The summed E-state index contributed by atoms with van der Waals surface area (Å²) in [5.41, 5.74) is 7.84. The summed E-state index contributed by atoms with van der Waals surface area (Å²) in [6.07, 6.45) is 2.57. The van der Waals surface area contributed by atoms with Crippen LogP contribution in [0.3, 0.4) is 0 Å². The molecule has 1 aliphatic rings. The van der Waals surface area contributed by atoms with Crippen molar-refractivity contribution in [3.63, 3.8) is 0 Å². The van der Waals surface area contributed by atoms with Crippen molar-refractivity contribution in [2.45, 2.75) is 39.5 Å². The van der Waals surface area contributed by atoms with Crippen molar-refractivity contribution in [1.82, 2.24) is 19.5 Å². The first-order valence-electron chi connectivity index (χ1n) is 12.8. The Labute approximate surface area is 224 Å². The summed E-state index contributed by atoms with van der Waals surface area (Å²) in [7, 11) is 3.65. The fraction of sp³-hybridized carbons (Fsp3) is 0.414. The van der Waals surface area contributed by atoms with Crippen LogP contribution in [0.25, 0.3) is 11.2 Å². The average molecular weight is 519 g/mol. The number of anilines is 2. The molecule has 1 fully saturated rings. The van der Waals surface area contributed by atoms with Crippen molar-refractivity contribution >= 4 is 34.4 Å². The van der Waals surface area contributed by atoms with Gasteiger partial charge in [-0.05, 0) is 47.2 Å². The van der Waals surface area contributed by atoms with Crippen molar-refractivity contribution in [2.75, 3.05) is 43.1 Å². The number of aromatic nitrogens is 4. The largest absolute Gasteiger partial charge is 0.495 e. The molecule has 0 N–H and O–H groups in total. The smallest absolute Gasteiger partial charge is 0.227 e. The molecule has 8 heteroatoms. The first-order chi connectivity index (χ1) is 17.6. The van der Waals surface area contributed by atoms with Crippen molar-refractivity contribution in [1.29, 1.82) is 0 Å². The lowest BCUT2D eigenvalue weighted by atomic mass is 9.84. The van der Waals surface area contributed by atoms with E-state index in [4.69, 9.17) is 26.3 Å². The van der Waals surface area contributed by atoms with Crippen LogP contribution >= 0.6 is 11.6 Å². The van der Waals surface area contributed by atoms with Gasteiger partial charge in [-0.15, -0.1) is 0 Å². The Balaban J connectivity index is 1.42. The Morgan fingerprint density at radius 2 is 1.70 bits per heavy atom. The standard InChI is InChI=1S/C29H35ClN6O/c1-19-7-8-21(29(2,3)4)15-20(19)16-24-26-27(31-18-34(26)5)33-28(32-24)36-13-11-35(12-14-36)22-9-10-25(37-6)23(30)17-22/h7-10,15,17-18H,11-14,16H2,1-6H3. The van der Waals surface area contributed by atoms with Gasteiger partial charge in [0.05, 0.1) is 24.2 Å². The SMILES string of the molecule is COc1ccc(N2CCN(c3nc(Cc4cc(C(C)(C)C)ccc4C)c4c(ncn4C)n3)CC2)cc1Cl.